The van der Waals surface area contributed by atoms with Gasteiger partial charge in [0.2, 0.25) is 0 Å². The lowest BCUT2D eigenvalue weighted by Gasteiger charge is -2.16. The van der Waals surface area contributed by atoms with E-state index >= 15 is 0 Å². The van der Waals surface area contributed by atoms with Gasteiger partial charge in [-0.25, -0.2) is 0 Å². The fourth-order valence-corrected chi connectivity index (χ4v) is 3.22. The maximum atomic E-state index is 5.88. The molecule has 0 heterocycles. The van der Waals surface area contributed by atoms with Crippen molar-refractivity contribution in [3.8, 4) is 0 Å². The number of thiocarbonyl (C=S) groups is 1. The Labute approximate surface area is 130 Å². The average Bonchev–Trinajstić information content (AvgIpc) is 2.38. The van der Waals surface area contributed by atoms with Gasteiger partial charge in [0.05, 0.1) is 0 Å². The molecule has 1 aromatic carbocycles. The lowest BCUT2D eigenvalue weighted by Crippen LogP contribution is -2.16. The van der Waals surface area contributed by atoms with E-state index in [9.17, 15) is 0 Å². The highest BCUT2D eigenvalue weighted by molar-refractivity contribution is 7.99. The third kappa shape index (κ3) is 5.24. The molecule has 106 valence electrons. The van der Waals surface area contributed by atoms with Gasteiger partial charge in [0.15, 0.2) is 0 Å². The minimum atomic E-state index is 0.469. The van der Waals surface area contributed by atoms with Crippen molar-refractivity contribution in [1.29, 1.82) is 0 Å². The molecule has 2 nitrogen and oxygen atoms in total. The van der Waals surface area contributed by atoms with Crippen LogP contribution in [0.3, 0.4) is 0 Å². The van der Waals surface area contributed by atoms with Crippen LogP contribution in [0.5, 0.6) is 0 Å². The van der Waals surface area contributed by atoms with Crippen LogP contribution < -0.4 is 11.1 Å². The van der Waals surface area contributed by atoms with Crippen LogP contribution in [-0.4, -0.2) is 28.8 Å². The van der Waals surface area contributed by atoms with E-state index in [2.05, 4.69) is 43.6 Å². The highest BCUT2D eigenvalue weighted by atomic mass is 32.2. The Kier molecular flexibility index (Phi) is 7.64. The Hall–Kier alpha value is -0.390. The quantitative estimate of drug-likeness (QED) is 0.561. The van der Waals surface area contributed by atoms with Gasteiger partial charge < -0.3 is 11.1 Å². The molecule has 5 heteroatoms. The molecule has 0 amide bonds. The topological polar surface area (TPSA) is 38.0 Å². The molecular weight excluding hydrogens is 292 g/mol. The number of nitrogens with two attached hydrogens (primary N) is 1. The summed E-state index contributed by atoms with van der Waals surface area (Å²) in [7, 11) is 0. The van der Waals surface area contributed by atoms with E-state index in [1.807, 2.05) is 11.8 Å². The van der Waals surface area contributed by atoms with E-state index in [0.29, 0.717) is 10.2 Å². The summed E-state index contributed by atoms with van der Waals surface area (Å²) in [6.07, 6.45) is 3.27. The van der Waals surface area contributed by atoms with Crippen LogP contribution in [0.1, 0.15) is 25.8 Å². The zero-order valence-corrected chi connectivity index (χ0v) is 14.2. The van der Waals surface area contributed by atoms with Crippen molar-refractivity contribution in [2.45, 2.75) is 30.4 Å². The maximum Gasteiger partial charge on any atom is 0.107 e. The van der Waals surface area contributed by atoms with Crippen LogP contribution in [-0.2, 0) is 0 Å². The van der Waals surface area contributed by atoms with Gasteiger partial charge in [0.1, 0.15) is 4.99 Å². The molecule has 0 aliphatic rings. The predicted octanol–water partition coefficient (Wildman–Crippen LogP) is 3.99. The van der Waals surface area contributed by atoms with Gasteiger partial charge in [-0.05, 0) is 30.6 Å². The average molecular weight is 315 g/mol. The van der Waals surface area contributed by atoms with Crippen molar-refractivity contribution in [3.63, 3.8) is 0 Å². The predicted molar refractivity (Wildman–Crippen MR) is 94.8 cm³/mol. The third-order valence-corrected chi connectivity index (χ3v) is 5.03. The van der Waals surface area contributed by atoms with E-state index in [1.54, 1.807) is 11.8 Å². The first kappa shape index (κ1) is 16.7. The number of hydrogen-bond acceptors (Lipinski definition) is 4. The van der Waals surface area contributed by atoms with Crippen LogP contribution in [0.15, 0.2) is 23.1 Å². The highest BCUT2D eigenvalue weighted by Gasteiger charge is 2.11. The Morgan fingerprint density at radius 1 is 1.47 bits per heavy atom. The molecule has 0 aliphatic carbocycles. The molecule has 0 aliphatic heterocycles. The van der Waals surface area contributed by atoms with Crippen molar-refractivity contribution in [1.82, 2.24) is 0 Å². The molecule has 0 saturated heterocycles. The molecule has 0 radical (unpaired) electrons. The van der Waals surface area contributed by atoms with Crippen LogP contribution in [0.2, 0.25) is 0 Å². The molecule has 0 bridgehead atoms. The Bertz CT molecular complexity index is 421. The summed E-state index contributed by atoms with van der Waals surface area (Å²) in [6, 6.07) is 6.19. The molecule has 19 heavy (non-hydrogen) atoms. The minimum absolute atomic E-state index is 0.469. The second kappa shape index (κ2) is 8.72. The van der Waals surface area contributed by atoms with Crippen molar-refractivity contribution in [2.24, 2.45) is 5.73 Å². The highest BCUT2D eigenvalue weighted by Crippen LogP contribution is 2.28. The number of anilines is 1. The zero-order valence-electron chi connectivity index (χ0n) is 11.7. The standard InChI is InChI=1S/C14H22N2S3/c1-4-19-12-7-5-6-11(13(12)14(15)17)16-9-8-10(2)18-3/h5-7,10,16H,4,8-9H2,1-3H3,(H2,15,17). The first-order valence-electron chi connectivity index (χ1n) is 6.42. The van der Waals surface area contributed by atoms with Crippen LogP contribution in [0.25, 0.3) is 0 Å². The first-order valence-corrected chi connectivity index (χ1v) is 9.10. The monoisotopic (exact) mass is 314 g/mol. The summed E-state index contributed by atoms with van der Waals surface area (Å²) in [5.41, 5.74) is 7.92. The number of rotatable bonds is 8. The summed E-state index contributed by atoms with van der Waals surface area (Å²) in [5.74, 6) is 1.02. The number of nitrogens with one attached hydrogen (secondary N) is 1. The Morgan fingerprint density at radius 2 is 2.21 bits per heavy atom. The van der Waals surface area contributed by atoms with E-state index < -0.39 is 0 Å². The van der Waals surface area contributed by atoms with Crippen molar-refractivity contribution >= 4 is 46.4 Å². The maximum absolute atomic E-state index is 5.88. The third-order valence-electron chi connectivity index (χ3n) is 2.84. The normalized spacial score (nSPS) is 12.2. The summed E-state index contributed by atoms with van der Waals surface area (Å²) in [5, 5.41) is 4.13. The number of hydrogen-bond donors (Lipinski definition) is 2. The lowest BCUT2D eigenvalue weighted by molar-refractivity contribution is 0.853. The molecule has 1 rings (SSSR count). The van der Waals surface area contributed by atoms with Crippen molar-refractivity contribution in [3.05, 3.63) is 23.8 Å². The van der Waals surface area contributed by atoms with Gasteiger partial charge in [-0.2, -0.15) is 11.8 Å². The van der Waals surface area contributed by atoms with Gasteiger partial charge in [-0.15, -0.1) is 11.8 Å². The lowest BCUT2D eigenvalue weighted by atomic mass is 10.1. The fraction of sp³-hybridized carbons (Fsp3) is 0.500. The van der Waals surface area contributed by atoms with Gasteiger partial charge in [0.25, 0.3) is 0 Å². The van der Waals surface area contributed by atoms with Crippen molar-refractivity contribution in [2.75, 3.05) is 23.9 Å². The first-order chi connectivity index (χ1) is 9.10. The fourth-order valence-electron chi connectivity index (χ4n) is 1.74. The molecule has 0 saturated carbocycles. The molecule has 1 unspecified atom stereocenters. The molecule has 3 N–H and O–H groups in total. The Balaban J connectivity index is 2.81. The summed E-state index contributed by atoms with van der Waals surface area (Å²) in [6.45, 7) is 5.32. The van der Waals surface area contributed by atoms with Crippen LogP contribution >= 0.6 is 35.7 Å². The number of benzene rings is 1. The molecule has 0 spiro atoms. The summed E-state index contributed by atoms with van der Waals surface area (Å²) >= 11 is 8.86. The summed E-state index contributed by atoms with van der Waals surface area (Å²) < 4.78 is 0. The molecule has 1 aromatic rings. The van der Waals surface area contributed by atoms with Gasteiger partial charge in [-0.3, -0.25) is 0 Å². The van der Waals surface area contributed by atoms with E-state index in [4.69, 9.17) is 18.0 Å². The van der Waals surface area contributed by atoms with E-state index in [1.165, 1.54) is 0 Å². The van der Waals surface area contributed by atoms with Crippen LogP contribution in [0.4, 0.5) is 5.69 Å². The van der Waals surface area contributed by atoms with Crippen molar-refractivity contribution < 1.29 is 0 Å². The zero-order chi connectivity index (χ0) is 14.3. The molecule has 0 aromatic heterocycles. The largest absolute Gasteiger partial charge is 0.389 e. The molecule has 1 atom stereocenters. The van der Waals surface area contributed by atoms with Crippen LogP contribution in [0, 0.1) is 0 Å². The summed E-state index contributed by atoms with van der Waals surface area (Å²) in [4.78, 5) is 1.63. The molecular formula is C14H22N2S3. The molecule has 0 fully saturated rings. The SMILES string of the molecule is CCSc1cccc(NCCC(C)SC)c1C(N)=S. The van der Waals surface area contributed by atoms with E-state index in [0.717, 1.165) is 34.9 Å². The van der Waals surface area contributed by atoms with Gasteiger partial charge in [0, 0.05) is 27.9 Å². The second-order valence-electron chi connectivity index (χ2n) is 4.24. The van der Waals surface area contributed by atoms with Gasteiger partial charge >= 0.3 is 0 Å². The Morgan fingerprint density at radius 3 is 2.79 bits per heavy atom. The minimum Gasteiger partial charge on any atom is -0.389 e. The van der Waals surface area contributed by atoms with E-state index in [-0.39, 0.29) is 0 Å². The van der Waals surface area contributed by atoms with Gasteiger partial charge in [-0.1, -0.05) is 32.1 Å². The number of thioether (sulfide) groups is 2. The smallest absolute Gasteiger partial charge is 0.107 e. The second-order valence-corrected chi connectivity index (χ2v) is 7.26.